The van der Waals surface area contributed by atoms with Crippen molar-refractivity contribution in [3.63, 3.8) is 0 Å². The molecule has 2 aliphatic rings. The molecule has 104 valence electrons. The van der Waals surface area contributed by atoms with Crippen LogP contribution in [0.15, 0.2) is 18.3 Å². The molecule has 1 saturated carbocycles. The predicted molar refractivity (Wildman–Crippen MR) is 72.8 cm³/mol. The van der Waals surface area contributed by atoms with Crippen LogP contribution in [0.4, 0.5) is 0 Å². The van der Waals surface area contributed by atoms with Gasteiger partial charge >= 0.3 is 0 Å². The first-order valence-corrected chi connectivity index (χ1v) is 7.33. The number of amides is 1. The van der Waals surface area contributed by atoms with E-state index < -0.39 is 0 Å². The van der Waals surface area contributed by atoms with Crippen LogP contribution in [0.25, 0.3) is 0 Å². The molecule has 1 aromatic rings. The molecule has 0 bridgehead atoms. The van der Waals surface area contributed by atoms with Crippen molar-refractivity contribution in [2.45, 2.75) is 38.8 Å². The molecule has 1 aromatic heterocycles. The van der Waals surface area contributed by atoms with Gasteiger partial charge in [0.2, 0.25) is 0 Å². The minimum atomic E-state index is -0.203. The molecule has 2 fully saturated rings. The SMILES string of the molecule is CCCn1cccc1C(=O)N1CC2CCC(O)C2C1. The van der Waals surface area contributed by atoms with Gasteiger partial charge in [0.1, 0.15) is 5.69 Å². The molecule has 2 heterocycles. The molecule has 4 heteroatoms. The molecular formula is C15H22N2O2. The van der Waals surface area contributed by atoms with Crippen molar-refractivity contribution in [2.75, 3.05) is 13.1 Å². The number of hydrogen-bond acceptors (Lipinski definition) is 2. The van der Waals surface area contributed by atoms with Crippen molar-refractivity contribution in [1.29, 1.82) is 0 Å². The number of aliphatic hydroxyl groups is 1. The number of rotatable bonds is 3. The van der Waals surface area contributed by atoms with E-state index in [4.69, 9.17) is 0 Å². The van der Waals surface area contributed by atoms with Crippen molar-refractivity contribution in [3.05, 3.63) is 24.0 Å². The van der Waals surface area contributed by atoms with Crippen LogP contribution >= 0.6 is 0 Å². The zero-order chi connectivity index (χ0) is 13.4. The molecule has 1 aliphatic carbocycles. The van der Waals surface area contributed by atoms with Gasteiger partial charge in [-0.05, 0) is 37.3 Å². The number of carbonyl (C=O) groups excluding carboxylic acids is 1. The Labute approximate surface area is 114 Å². The molecule has 1 amide bonds. The standard InChI is InChI=1S/C15H22N2O2/c1-2-7-16-8-3-4-13(16)15(19)17-9-11-5-6-14(18)12(11)10-17/h3-4,8,11-12,14,18H,2,5-7,9-10H2,1H3. The molecule has 0 spiro atoms. The van der Waals surface area contributed by atoms with E-state index in [1.165, 1.54) is 0 Å². The summed E-state index contributed by atoms with van der Waals surface area (Å²) >= 11 is 0. The van der Waals surface area contributed by atoms with Crippen LogP contribution < -0.4 is 0 Å². The summed E-state index contributed by atoms with van der Waals surface area (Å²) in [5.41, 5.74) is 0.788. The van der Waals surface area contributed by atoms with Crippen molar-refractivity contribution in [1.82, 2.24) is 9.47 Å². The highest BCUT2D eigenvalue weighted by Crippen LogP contribution is 2.38. The lowest BCUT2D eigenvalue weighted by Gasteiger charge is -2.19. The van der Waals surface area contributed by atoms with Crippen LogP contribution in [0.3, 0.4) is 0 Å². The molecule has 1 saturated heterocycles. The van der Waals surface area contributed by atoms with Crippen LogP contribution in [-0.2, 0) is 6.54 Å². The Hall–Kier alpha value is -1.29. The first kappa shape index (κ1) is 12.7. The fourth-order valence-electron chi connectivity index (χ4n) is 3.61. The lowest BCUT2D eigenvalue weighted by molar-refractivity contribution is 0.0742. The number of aromatic nitrogens is 1. The van der Waals surface area contributed by atoms with E-state index in [1.54, 1.807) is 0 Å². The third-order valence-electron chi connectivity index (χ3n) is 4.62. The summed E-state index contributed by atoms with van der Waals surface area (Å²) in [6.45, 7) is 4.54. The Kier molecular flexibility index (Phi) is 3.35. The Balaban J connectivity index is 1.73. The second-order valence-electron chi connectivity index (χ2n) is 5.87. The lowest BCUT2D eigenvalue weighted by Crippen LogP contribution is -2.32. The molecule has 0 radical (unpaired) electrons. The number of fused-ring (bicyclic) bond motifs is 1. The maximum atomic E-state index is 12.6. The quantitative estimate of drug-likeness (QED) is 0.902. The van der Waals surface area contributed by atoms with Gasteiger partial charge in [-0.3, -0.25) is 4.79 Å². The molecule has 3 rings (SSSR count). The fourth-order valence-corrected chi connectivity index (χ4v) is 3.61. The summed E-state index contributed by atoms with van der Waals surface area (Å²) < 4.78 is 2.03. The van der Waals surface area contributed by atoms with Gasteiger partial charge in [-0.2, -0.15) is 0 Å². The first-order valence-electron chi connectivity index (χ1n) is 7.33. The van der Waals surface area contributed by atoms with E-state index in [9.17, 15) is 9.90 Å². The summed E-state index contributed by atoms with van der Waals surface area (Å²) in [4.78, 5) is 14.5. The zero-order valence-corrected chi connectivity index (χ0v) is 11.5. The van der Waals surface area contributed by atoms with Crippen LogP contribution in [0.2, 0.25) is 0 Å². The third kappa shape index (κ3) is 2.18. The van der Waals surface area contributed by atoms with E-state index in [1.807, 2.05) is 27.8 Å². The van der Waals surface area contributed by atoms with Crippen LogP contribution in [0.1, 0.15) is 36.7 Å². The number of aliphatic hydroxyl groups excluding tert-OH is 1. The van der Waals surface area contributed by atoms with Gasteiger partial charge in [0.05, 0.1) is 6.10 Å². The summed E-state index contributed by atoms with van der Waals surface area (Å²) in [5, 5.41) is 9.93. The van der Waals surface area contributed by atoms with Crippen molar-refractivity contribution < 1.29 is 9.90 Å². The highest BCUT2D eigenvalue weighted by Gasteiger charge is 2.43. The molecule has 3 atom stereocenters. The number of aryl methyl sites for hydroxylation is 1. The molecule has 19 heavy (non-hydrogen) atoms. The molecule has 1 aliphatic heterocycles. The van der Waals surface area contributed by atoms with Gasteiger partial charge in [-0.25, -0.2) is 0 Å². The molecule has 1 N–H and O–H groups in total. The second kappa shape index (κ2) is 5.00. The third-order valence-corrected chi connectivity index (χ3v) is 4.62. The first-order chi connectivity index (χ1) is 9.20. The Bertz CT molecular complexity index is 468. The Morgan fingerprint density at radius 3 is 3.00 bits per heavy atom. The topological polar surface area (TPSA) is 45.5 Å². The molecule has 4 nitrogen and oxygen atoms in total. The average Bonchev–Trinajstić information content (AvgIpc) is 3.07. The van der Waals surface area contributed by atoms with Gasteiger partial charge in [0.25, 0.3) is 5.91 Å². The maximum absolute atomic E-state index is 12.6. The minimum Gasteiger partial charge on any atom is -0.393 e. The van der Waals surface area contributed by atoms with Crippen molar-refractivity contribution >= 4 is 5.91 Å². The summed E-state index contributed by atoms with van der Waals surface area (Å²) in [6.07, 6.45) is 4.77. The Morgan fingerprint density at radius 2 is 2.26 bits per heavy atom. The summed E-state index contributed by atoms with van der Waals surface area (Å²) in [6, 6.07) is 3.84. The van der Waals surface area contributed by atoms with E-state index >= 15 is 0 Å². The zero-order valence-electron chi connectivity index (χ0n) is 11.5. The van der Waals surface area contributed by atoms with Crippen molar-refractivity contribution in [2.24, 2.45) is 11.8 Å². The van der Waals surface area contributed by atoms with Gasteiger partial charge in [0.15, 0.2) is 0 Å². The maximum Gasteiger partial charge on any atom is 0.270 e. The minimum absolute atomic E-state index is 0.125. The lowest BCUT2D eigenvalue weighted by atomic mass is 10.00. The highest BCUT2D eigenvalue weighted by molar-refractivity contribution is 5.93. The highest BCUT2D eigenvalue weighted by atomic mass is 16.3. The Morgan fingerprint density at radius 1 is 1.42 bits per heavy atom. The van der Waals surface area contributed by atoms with Gasteiger partial charge in [-0.15, -0.1) is 0 Å². The van der Waals surface area contributed by atoms with Gasteiger partial charge < -0.3 is 14.6 Å². The number of carbonyl (C=O) groups is 1. The fraction of sp³-hybridized carbons (Fsp3) is 0.667. The average molecular weight is 262 g/mol. The summed E-state index contributed by atoms with van der Waals surface area (Å²) in [7, 11) is 0. The number of nitrogens with zero attached hydrogens (tertiary/aromatic N) is 2. The van der Waals surface area contributed by atoms with E-state index in [0.29, 0.717) is 11.8 Å². The second-order valence-corrected chi connectivity index (χ2v) is 5.87. The van der Waals surface area contributed by atoms with E-state index in [-0.39, 0.29) is 12.0 Å². The normalized spacial score (nSPS) is 29.8. The van der Waals surface area contributed by atoms with Crippen molar-refractivity contribution in [3.8, 4) is 0 Å². The monoisotopic (exact) mass is 262 g/mol. The number of likely N-dealkylation sites (tertiary alicyclic amines) is 1. The number of hydrogen-bond donors (Lipinski definition) is 1. The predicted octanol–water partition coefficient (Wildman–Crippen LogP) is 1.74. The van der Waals surface area contributed by atoms with Gasteiger partial charge in [-0.1, -0.05) is 6.92 Å². The van der Waals surface area contributed by atoms with Crippen LogP contribution in [-0.4, -0.2) is 39.7 Å². The van der Waals surface area contributed by atoms with Crippen LogP contribution in [0.5, 0.6) is 0 Å². The smallest absolute Gasteiger partial charge is 0.270 e. The molecule has 3 unspecified atom stereocenters. The van der Waals surface area contributed by atoms with Crippen LogP contribution in [0, 0.1) is 11.8 Å². The van der Waals surface area contributed by atoms with Gasteiger partial charge in [0, 0.05) is 31.7 Å². The molecular weight excluding hydrogens is 240 g/mol. The molecule has 0 aromatic carbocycles. The van der Waals surface area contributed by atoms with E-state index in [2.05, 4.69) is 6.92 Å². The van der Waals surface area contributed by atoms with E-state index in [0.717, 1.165) is 44.6 Å². The largest absolute Gasteiger partial charge is 0.393 e. The summed E-state index contributed by atoms with van der Waals surface area (Å²) in [5.74, 6) is 0.937.